The summed E-state index contributed by atoms with van der Waals surface area (Å²) in [5.74, 6) is 0.233. The number of aromatic nitrogens is 2. The average Bonchev–Trinajstić information content (AvgIpc) is 2.25. The van der Waals surface area contributed by atoms with Gasteiger partial charge in [-0.1, -0.05) is 20.3 Å². The Balaban J connectivity index is 2.74. The summed E-state index contributed by atoms with van der Waals surface area (Å²) in [6.07, 6.45) is 0.863. The van der Waals surface area contributed by atoms with E-state index in [4.69, 9.17) is 5.73 Å². The molecule has 0 aliphatic heterocycles. The predicted molar refractivity (Wildman–Crippen MR) is 67.6 cm³/mol. The second kappa shape index (κ2) is 5.72. The number of hydrogen-bond donors (Lipinski definition) is 2. The molecule has 1 rings (SSSR count). The van der Waals surface area contributed by atoms with Crippen LogP contribution in [-0.4, -0.2) is 21.9 Å². The van der Waals surface area contributed by atoms with E-state index in [1.165, 1.54) is 0 Å². The zero-order valence-corrected chi connectivity index (χ0v) is 10.8. The molecular weight excluding hydrogens is 216 g/mol. The van der Waals surface area contributed by atoms with Crippen molar-refractivity contribution in [3.05, 3.63) is 17.5 Å². The van der Waals surface area contributed by atoms with Crippen molar-refractivity contribution in [3.8, 4) is 0 Å². The monoisotopic (exact) mass is 236 g/mol. The molecule has 0 bridgehead atoms. The molecule has 0 aliphatic carbocycles. The first-order chi connectivity index (χ1) is 7.93. The molecule has 1 aromatic rings. The van der Waals surface area contributed by atoms with Crippen molar-refractivity contribution in [2.45, 2.75) is 40.2 Å². The normalized spacial score (nSPS) is 14.2. The zero-order valence-electron chi connectivity index (χ0n) is 10.8. The maximum atomic E-state index is 11.8. The van der Waals surface area contributed by atoms with Crippen LogP contribution in [0.2, 0.25) is 0 Å². The number of nitrogens with one attached hydrogen (secondary N) is 1. The third kappa shape index (κ3) is 3.78. The fraction of sp³-hybridized carbons (Fsp3) is 0.583. The number of nitrogens with two attached hydrogens (primary N) is 1. The van der Waals surface area contributed by atoms with Gasteiger partial charge < -0.3 is 5.73 Å². The summed E-state index contributed by atoms with van der Waals surface area (Å²) in [5, 5.41) is 2.65. The molecule has 5 nitrogen and oxygen atoms in total. The minimum atomic E-state index is -0.524. The molecule has 17 heavy (non-hydrogen) atoms. The summed E-state index contributed by atoms with van der Waals surface area (Å²) in [6, 6.07) is 1.33. The first-order valence-corrected chi connectivity index (χ1v) is 5.82. The lowest BCUT2D eigenvalue weighted by molar-refractivity contribution is -0.118. The molecule has 0 saturated heterocycles. The van der Waals surface area contributed by atoms with Crippen LogP contribution in [0.3, 0.4) is 0 Å². The maximum Gasteiger partial charge on any atom is 0.243 e. The van der Waals surface area contributed by atoms with Crippen molar-refractivity contribution in [2.75, 3.05) is 5.32 Å². The first kappa shape index (κ1) is 13.6. The molecule has 94 valence electrons. The SMILES string of the molecule is CC[C@H](C)[C@H](N)C(=O)Nc1nc(C)cc(C)n1. The van der Waals surface area contributed by atoms with Crippen LogP contribution < -0.4 is 11.1 Å². The number of nitrogens with zero attached hydrogens (tertiary/aromatic N) is 2. The van der Waals surface area contributed by atoms with Gasteiger partial charge in [0.05, 0.1) is 6.04 Å². The Morgan fingerprint density at radius 1 is 1.41 bits per heavy atom. The van der Waals surface area contributed by atoms with Crippen LogP contribution in [0.25, 0.3) is 0 Å². The van der Waals surface area contributed by atoms with E-state index in [1.807, 2.05) is 33.8 Å². The van der Waals surface area contributed by atoms with Crippen LogP contribution in [0.5, 0.6) is 0 Å². The lowest BCUT2D eigenvalue weighted by atomic mass is 10.00. The van der Waals surface area contributed by atoms with Gasteiger partial charge in [0.15, 0.2) is 0 Å². The van der Waals surface area contributed by atoms with E-state index >= 15 is 0 Å². The van der Waals surface area contributed by atoms with Gasteiger partial charge in [0.25, 0.3) is 0 Å². The van der Waals surface area contributed by atoms with Crippen molar-refractivity contribution in [2.24, 2.45) is 11.7 Å². The van der Waals surface area contributed by atoms with E-state index in [9.17, 15) is 4.79 Å². The van der Waals surface area contributed by atoms with E-state index in [0.29, 0.717) is 5.95 Å². The Labute approximate surface area is 102 Å². The van der Waals surface area contributed by atoms with Crippen molar-refractivity contribution in [1.82, 2.24) is 9.97 Å². The number of rotatable bonds is 4. The fourth-order valence-corrected chi connectivity index (χ4v) is 1.49. The molecule has 0 fully saturated rings. The van der Waals surface area contributed by atoms with E-state index in [-0.39, 0.29) is 11.8 Å². The lowest BCUT2D eigenvalue weighted by Gasteiger charge is -2.17. The third-order valence-corrected chi connectivity index (χ3v) is 2.78. The highest BCUT2D eigenvalue weighted by Crippen LogP contribution is 2.08. The number of carbonyl (C=O) groups excluding carboxylic acids is 1. The number of anilines is 1. The summed E-state index contributed by atoms with van der Waals surface area (Å²) in [4.78, 5) is 20.1. The standard InChI is InChI=1S/C12H20N4O/c1-5-7(2)10(13)11(17)16-12-14-8(3)6-9(4)15-12/h6-7,10H,5,13H2,1-4H3,(H,14,15,16,17)/t7-,10-/m0/s1. The van der Waals surface area contributed by atoms with Gasteiger partial charge in [0, 0.05) is 11.4 Å². The van der Waals surface area contributed by atoms with Crippen LogP contribution in [0, 0.1) is 19.8 Å². The zero-order chi connectivity index (χ0) is 13.0. The van der Waals surface area contributed by atoms with Gasteiger partial charge in [0.2, 0.25) is 11.9 Å². The summed E-state index contributed by atoms with van der Waals surface area (Å²) in [7, 11) is 0. The van der Waals surface area contributed by atoms with Crippen LogP contribution in [-0.2, 0) is 4.79 Å². The highest BCUT2D eigenvalue weighted by atomic mass is 16.2. The Kier molecular flexibility index (Phi) is 4.57. The lowest BCUT2D eigenvalue weighted by Crippen LogP contribution is -2.41. The second-order valence-electron chi connectivity index (χ2n) is 4.37. The topological polar surface area (TPSA) is 80.9 Å². The highest BCUT2D eigenvalue weighted by molar-refractivity contribution is 5.93. The molecule has 1 amide bonds. The van der Waals surface area contributed by atoms with E-state index in [2.05, 4.69) is 15.3 Å². The van der Waals surface area contributed by atoms with Gasteiger partial charge in [-0.05, 0) is 25.8 Å². The van der Waals surface area contributed by atoms with Crippen LogP contribution in [0.15, 0.2) is 6.07 Å². The molecule has 0 radical (unpaired) electrons. The van der Waals surface area contributed by atoms with Gasteiger partial charge in [-0.3, -0.25) is 10.1 Å². The Morgan fingerprint density at radius 2 is 1.94 bits per heavy atom. The van der Waals surface area contributed by atoms with Crippen LogP contribution in [0.4, 0.5) is 5.95 Å². The maximum absolute atomic E-state index is 11.8. The minimum absolute atomic E-state index is 0.140. The molecule has 3 N–H and O–H groups in total. The number of amides is 1. The van der Waals surface area contributed by atoms with Crippen molar-refractivity contribution >= 4 is 11.9 Å². The van der Waals surface area contributed by atoms with Crippen LogP contribution in [0.1, 0.15) is 31.7 Å². The molecule has 1 aromatic heterocycles. The summed E-state index contributed by atoms with van der Waals surface area (Å²) in [6.45, 7) is 7.68. The Hall–Kier alpha value is -1.49. The number of carbonyl (C=O) groups is 1. The summed E-state index contributed by atoms with van der Waals surface area (Å²) in [5.41, 5.74) is 7.48. The summed E-state index contributed by atoms with van der Waals surface area (Å²) >= 11 is 0. The smallest absolute Gasteiger partial charge is 0.243 e. The molecule has 0 aromatic carbocycles. The molecular formula is C12H20N4O. The van der Waals surface area contributed by atoms with Gasteiger partial charge >= 0.3 is 0 Å². The number of hydrogen-bond acceptors (Lipinski definition) is 4. The van der Waals surface area contributed by atoms with Crippen molar-refractivity contribution in [3.63, 3.8) is 0 Å². The van der Waals surface area contributed by atoms with E-state index in [1.54, 1.807) is 0 Å². The number of aryl methyl sites for hydroxylation is 2. The average molecular weight is 236 g/mol. The van der Waals surface area contributed by atoms with Gasteiger partial charge in [-0.2, -0.15) is 0 Å². The molecule has 5 heteroatoms. The third-order valence-electron chi connectivity index (χ3n) is 2.78. The van der Waals surface area contributed by atoms with Gasteiger partial charge in [0.1, 0.15) is 0 Å². The Bertz CT molecular complexity index is 385. The van der Waals surface area contributed by atoms with Crippen molar-refractivity contribution < 1.29 is 4.79 Å². The van der Waals surface area contributed by atoms with Crippen LogP contribution >= 0.6 is 0 Å². The van der Waals surface area contributed by atoms with Gasteiger partial charge in [-0.15, -0.1) is 0 Å². The quantitative estimate of drug-likeness (QED) is 0.828. The molecule has 1 heterocycles. The summed E-state index contributed by atoms with van der Waals surface area (Å²) < 4.78 is 0. The molecule has 0 saturated carbocycles. The minimum Gasteiger partial charge on any atom is -0.320 e. The van der Waals surface area contributed by atoms with Crippen molar-refractivity contribution in [1.29, 1.82) is 0 Å². The fourth-order valence-electron chi connectivity index (χ4n) is 1.49. The highest BCUT2D eigenvalue weighted by Gasteiger charge is 2.20. The predicted octanol–water partition coefficient (Wildman–Crippen LogP) is 1.41. The molecule has 0 aliphatic rings. The Morgan fingerprint density at radius 3 is 2.41 bits per heavy atom. The molecule has 0 unspecified atom stereocenters. The largest absolute Gasteiger partial charge is 0.320 e. The van der Waals surface area contributed by atoms with E-state index in [0.717, 1.165) is 17.8 Å². The molecule has 0 spiro atoms. The molecule has 2 atom stereocenters. The second-order valence-corrected chi connectivity index (χ2v) is 4.37. The first-order valence-electron chi connectivity index (χ1n) is 5.82. The van der Waals surface area contributed by atoms with E-state index < -0.39 is 6.04 Å². The van der Waals surface area contributed by atoms with Gasteiger partial charge in [-0.25, -0.2) is 9.97 Å².